The molecular weight excluding hydrogens is 364 g/mol. The summed E-state index contributed by atoms with van der Waals surface area (Å²) in [6, 6.07) is 1.45. The molecule has 10 heteroatoms. The van der Waals surface area contributed by atoms with Gasteiger partial charge in [-0.05, 0) is 41.5 Å². The molecule has 1 N–H and O–H groups in total. The van der Waals surface area contributed by atoms with Crippen molar-refractivity contribution in [2.24, 2.45) is 0 Å². The lowest BCUT2D eigenvalue weighted by atomic mass is 10.2. The van der Waals surface area contributed by atoms with Crippen molar-refractivity contribution in [3.63, 3.8) is 0 Å². The molecule has 0 aliphatic rings. The van der Waals surface area contributed by atoms with Gasteiger partial charge in [-0.15, -0.1) is 5.10 Å². The van der Waals surface area contributed by atoms with Gasteiger partial charge in [-0.1, -0.05) is 0 Å². The minimum Gasteiger partial charge on any atom is -0.443 e. The van der Waals surface area contributed by atoms with E-state index in [1.54, 1.807) is 41.5 Å². The molecule has 0 unspecified atom stereocenters. The van der Waals surface area contributed by atoms with Crippen LogP contribution in [0, 0.1) is 0 Å². The Hall–Kier alpha value is -3.30. The number of nitrogens with zero attached hydrogens (tertiary/aromatic N) is 5. The van der Waals surface area contributed by atoms with E-state index in [-0.39, 0.29) is 11.5 Å². The SMILES string of the molecule is CC(C)(C)OC(=O)N(C(=O)OC(C)(C)C)c1cnnc(Nc2cnccn2)c1. The maximum atomic E-state index is 12.7. The van der Waals surface area contributed by atoms with E-state index in [9.17, 15) is 9.59 Å². The standard InChI is InChI=1S/C18H24N6O4/c1-17(2,3)27-15(25)24(16(26)28-18(4,5)6)12-9-13(23-21-10-12)22-14-11-19-7-8-20-14/h7-11H,1-6H3,(H,20,22,23). The van der Waals surface area contributed by atoms with Crippen LogP contribution in [0.5, 0.6) is 0 Å². The van der Waals surface area contributed by atoms with Gasteiger partial charge >= 0.3 is 12.2 Å². The van der Waals surface area contributed by atoms with Gasteiger partial charge in [-0.3, -0.25) is 4.98 Å². The molecule has 150 valence electrons. The van der Waals surface area contributed by atoms with E-state index in [4.69, 9.17) is 9.47 Å². The Morgan fingerprint density at radius 1 is 0.929 bits per heavy atom. The Labute approximate surface area is 163 Å². The average molecular weight is 388 g/mol. The number of rotatable bonds is 3. The third kappa shape index (κ3) is 6.45. The third-order valence-electron chi connectivity index (χ3n) is 2.87. The van der Waals surface area contributed by atoms with Crippen LogP contribution in [0.25, 0.3) is 0 Å². The summed E-state index contributed by atoms with van der Waals surface area (Å²) in [6.45, 7) is 10.2. The number of carbonyl (C=O) groups is 2. The Morgan fingerprint density at radius 2 is 1.54 bits per heavy atom. The van der Waals surface area contributed by atoms with Gasteiger partial charge in [0.2, 0.25) is 0 Å². The number of anilines is 3. The Kier molecular flexibility index (Phi) is 6.12. The Balaban J connectivity index is 2.35. The van der Waals surface area contributed by atoms with Crippen LogP contribution in [-0.2, 0) is 9.47 Å². The number of ether oxygens (including phenoxy) is 2. The fourth-order valence-electron chi connectivity index (χ4n) is 1.94. The van der Waals surface area contributed by atoms with Crippen molar-refractivity contribution >= 4 is 29.5 Å². The molecule has 0 aromatic carbocycles. The molecule has 10 nitrogen and oxygen atoms in total. The fourth-order valence-corrected chi connectivity index (χ4v) is 1.94. The zero-order valence-electron chi connectivity index (χ0n) is 16.8. The number of imide groups is 1. The fraction of sp³-hybridized carbons (Fsp3) is 0.444. The summed E-state index contributed by atoms with van der Waals surface area (Å²) < 4.78 is 10.7. The molecule has 2 aromatic rings. The predicted octanol–water partition coefficient (Wildman–Crippen LogP) is 3.69. The molecular formula is C18H24N6O4. The molecule has 0 spiro atoms. The van der Waals surface area contributed by atoms with Crippen LogP contribution in [0.4, 0.5) is 26.9 Å². The summed E-state index contributed by atoms with van der Waals surface area (Å²) in [5.74, 6) is 0.685. The number of nitrogens with one attached hydrogen (secondary N) is 1. The number of aromatic nitrogens is 4. The maximum Gasteiger partial charge on any atom is 0.424 e. The number of hydrogen-bond acceptors (Lipinski definition) is 9. The molecule has 2 aromatic heterocycles. The van der Waals surface area contributed by atoms with E-state index in [0.29, 0.717) is 5.82 Å². The highest BCUT2D eigenvalue weighted by Gasteiger charge is 2.33. The van der Waals surface area contributed by atoms with Crippen molar-refractivity contribution in [3.8, 4) is 0 Å². The van der Waals surface area contributed by atoms with Crippen molar-refractivity contribution in [3.05, 3.63) is 30.9 Å². The van der Waals surface area contributed by atoms with Crippen LogP contribution in [0.15, 0.2) is 30.9 Å². The van der Waals surface area contributed by atoms with Gasteiger partial charge in [0.1, 0.15) is 17.0 Å². The summed E-state index contributed by atoms with van der Waals surface area (Å²) in [5, 5.41) is 10.7. The number of amides is 2. The molecule has 0 fully saturated rings. The molecule has 2 heterocycles. The maximum absolute atomic E-state index is 12.7. The van der Waals surface area contributed by atoms with Crippen LogP contribution in [-0.4, -0.2) is 43.6 Å². The highest BCUT2D eigenvalue weighted by molar-refractivity contribution is 6.09. The van der Waals surface area contributed by atoms with Crippen LogP contribution < -0.4 is 10.2 Å². The minimum atomic E-state index is -0.889. The molecule has 0 saturated carbocycles. The summed E-state index contributed by atoms with van der Waals surface area (Å²) >= 11 is 0. The third-order valence-corrected chi connectivity index (χ3v) is 2.87. The Bertz CT molecular complexity index is 802. The zero-order valence-corrected chi connectivity index (χ0v) is 16.8. The van der Waals surface area contributed by atoms with Gasteiger partial charge in [-0.25, -0.2) is 14.6 Å². The van der Waals surface area contributed by atoms with Crippen molar-refractivity contribution in [2.75, 3.05) is 10.2 Å². The normalized spacial score (nSPS) is 11.5. The van der Waals surface area contributed by atoms with Gasteiger partial charge in [0.25, 0.3) is 0 Å². The zero-order chi connectivity index (χ0) is 20.9. The largest absolute Gasteiger partial charge is 0.443 e. The van der Waals surface area contributed by atoms with Crippen molar-refractivity contribution in [2.45, 2.75) is 52.7 Å². The van der Waals surface area contributed by atoms with E-state index < -0.39 is 23.4 Å². The number of carbonyl (C=O) groups excluding carboxylic acids is 2. The molecule has 2 amide bonds. The Morgan fingerprint density at radius 3 is 2.04 bits per heavy atom. The molecule has 0 aliphatic carbocycles. The number of hydrogen-bond donors (Lipinski definition) is 1. The predicted molar refractivity (Wildman–Crippen MR) is 102 cm³/mol. The van der Waals surface area contributed by atoms with Gasteiger partial charge in [-0.2, -0.15) is 10.00 Å². The van der Waals surface area contributed by atoms with Crippen molar-refractivity contribution in [1.82, 2.24) is 20.2 Å². The topological polar surface area (TPSA) is 119 Å². The van der Waals surface area contributed by atoms with Crippen LogP contribution in [0.1, 0.15) is 41.5 Å². The molecule has 0 atom stereocenters. The first-order valence-corrected chi connectivity index (χ1v) is 8.56. The second-order valence-electron chi connectivity index (χ2n) is 7.81. The summed E-state index contributed by atoms with van der Waals surface area (Å²) in [5.41, 5.74) is -1.48. The van der Waals surface area contributed by atoms with Crippen molar-refractivity contribution < 1.29 is 19.1 Å². The molecule has 0 bridgehead atoms. The second kappa shape index (κ2) is 8.15. The lowest BCUT2D eigenvalue weighted by molar-refractivity contribution is 0.0430. The summed E-state index contributed by atoms with van der Waals surface area (Å²) in [7, 11) is 0. The molecule has 0 saturated heterocycles. The molecule has 2 rings (SSSR count). The van der Waals surface area contributed by atoms with Crippen molar-refractivity contribution in [1.29, 1.82) is 0 Å². The molecule has 0 radical (unpaired) electrons. The smallest absolute Gasteiger partial charge is 0.424 e. The molecule has 28 heavy (non-hydrogen) atoms. The molecule has 0 aliphatic heterocycles. The minimum absolute atomic E-state index is 0.130. The van der Waals surface area contributed by atoms with Crippen LogP contribution >= 0.6 is 0 Å². The van der Waals surface area contributed by atoms with Gasteiger partial charge in [0.05, 0.1) is 18.1 Å². The van der Waals surface area contributed by atoms with E-state index in [2.05, 4.69) is 25.5 Å². The van der Waals surface area contributed by atoms with E-state index in [1.807, 2.05) is 0 Å². The van der Waals surface area contributed by atoms with E-state index in [0.717, 1.165) is 4.90 Å². The average Bonchev–Trinajstić information content (AvgIpc) is 2.53. The van der Waals surface area contributed by atoms with E-state index >= 15 is 0 Å². The first-order valence-electron chi connectivity index (χ1n) is 8.56. The quantitative estimate of drug-likeness (QED) is 0.839. The lowest BCUT2D eigenvalue weighted by Crippen LogP contribution is -2.43. The first-order chi connectivity index (χ1) is 12.9. The summed E-state index contributed by atoms with van der Waals surface area (Å²) in [6.07, 6.45) is 4.01. The van der Waals surface area contributed by atoms with Gasteiger partial charge in [0.15, 0.2) is 5.82 Å². The monoisotopic (exact) mass is 388 g/mol. The van der Waals surface area contributed by atoms with E-state index in [1.165, 1.54) is 30.9 Å². The van der Waals surface area contributed by atoms with Crippen LogP contribution in [0.2, 0.25) is 0 Å². The van der Waals surface area contributed by atoms with Crippen LogP contribution in [0.3, 0.4) is 0 Å². The highest BCUT2D eigenvalue weighted by Crippen LogP contribution is 2.23. The highest BCUT2D eigenvalue weighted by atomic mass is 16.6. The summed E-state index contributed by atoms with van der Waals surface area (Å²) in [4.78, 5) is 34.1. The first kappa shape index (κ1) is 21.0. The second-order valence-corrected chi connectivity index (χ2v) is 7.81. The lowest BCUT2D eigenvalue weighted by Gasteiger charge is -2.28. The van der Waals surface area contributed by atoms with Gasteiger partial charge < -0.3 is 14.8 Å². The van der Waals surface area contributed by atoms with Gasteiger partial charge in [0, 0.05) is 18.5 Å².